The van der Waals surface area contributed by atoms with Crippen LogP contribution in [0.5, 0.6) is 0 Å². The Morgan fingerprint density at radius 2 is 1.71 bits per heavy atom. The first-order valence-electron chi connectivity index (χ1n) is 6.83. The molecule has 0 aliphatic rings. The van der Waals surface area contributed by atoms with Gasteiger partial charge in [0.1, 0.15) is 0 Å². The third kappa shape index (κ3) is 5.22. The molecular formula is C15H27NS. The lowest BCUT2D eigenvalue weighted by molar-refractivity contribution is 0.355. The van der Waals surface area contributed by atoms with Crippen LogP contribution in [0.4, 0.5) is 0 Å². The summed E-state index contributed by atoms with van der Waals surface area (Å²) in [5, 5.41) is 3.53. The van der Waals surface area contributed by atoms with E-state index in [4.69, 9.17) is 0 Å². The SMILES string of the molecule is CCc1ccc(CC(C)C(C)CNC(C)C)s1. The zero-order valence-corrected chi connectivity index (χ0v) is 12.7. The molecule has 98 valence electrons. The van der Waals surface area contributed by atoms with Gasteiger partial charge >= 0.3 is 0 Å². The van der Waals surface area contributed by atoms with E-state index >= 15 is 0 Å². The lowest BCUT2D eigenvalue weighted by Gasteiger charge is -2.21. The van der Waals surface area contributed by atoms with Crippen molar-refractivity contribution in [3.05, 3.63) is 21.9 Å². The fraction of sp³-hybridized carbons (Fsp3) is 0.733. The Hall–Kier alpha value is -0.340. The van der Waals surface area contributed by atoms with Crippen molar-refractivity contribution in [2.45, 2.75) is 53.5 Å². The van der Waals surface area contributed by atoms with E-state index in [1.165, 1.54) is 17.7 Å². The van der Waals surface area contributed by atoms with Gasteiger partial charge in [0.2, 0.25) is 0 Å². The van der Waals surface area contributed by atoms with Crippen LogP contribution in [0.1, 0.15) is 44.4 Å². The van der Waals surface area contributed by atoms with Crippen LogP contribution in [0, 0.1) is 11.8 Å². The van der Waals surface area contributed by atoms with Gasteiger partial charge in [0.05, 0.1) is 0 Å². The molecule has 1 aromatic rings. The van der Waals surface area contributed by atoms with Crippen molar-refractivity contribution in [2.75, 3.05) is 6.54 Å². The zero-order valence-electron chi connectivity index (χ0n) is 11.9. The fourth-order valence-corrected chi connectivity index (χ4v) is 2.96. The van der Waals surface area contributed by atoms with E-state index < -0.39 is 0 Å². The third-order valence-corrected chi connectivity index (χ3v) is 4.66. The van der Waals surface area contributed by atoms with Gasteiger partial charge in [0.25, 0.3) is 0 Å². The van der Waals surface area contributed by atoms with Gasteiger partial charge < -0.3 is 5.32 Å². The van der Waals surface area contributed by atoms with Crippen molar-refractivity contribution in [1.82, 2.24) is 5.32 Å². The first kappa shape index (κ1) is 14.7. The molecule has 0 aromatic carbocycles. The summed E-state index contributed by atoms with van der Waals surface area (Å²) in [5.74, 6) is 1.49. The predicted molar refractivity (Wildman–Crippen MR) is 78.9 cm³/mol. The number of aryl methyl sites for hydroxylation is 1. The number of thiophene rings is 1. The van der Waals surface area contributed by atoms with E-state index in [2.05, 4.69) is 52.1 Å². The van der Waals surface area contributed by atoms with Gasteiger partial charge in [-0.2, -0.15) is 0 Å². The average molecular weight is 253 g/mol. The molecule has 0 spiro atoms. The Morgan fingerprint density at radius 3 is 2.24 bits per heavy atom. The van der Waals surface area contributed by atoms with Crippen molar-refractivity contribution < 1.29 is 0 Å². The minimum Gasteiger partial charge on any atom is -0.314 e. The lowest BCUT2D eigenvalue weighted by Crippen LogP contribution is -2.30. The maximum absolute atomic E-state index is 3.53. The standard InChI is InChI=1S/C15H27NS/c1-6-14-7-8-15(17-14)9-12(4)13(5)10-16-11(2)3/h7-8,11-13,16H,6,9-10H2,1-5H3. The van der Waals surface area contributed by atoms with E-state index in [0.717, 1.165) is 18.4 Å². The largest absolute Gasteiger partial charge is 0.314 e. The number of hydrogen-bond donors (Lipinski definition) is 1. The maximum Gasteiger partial charge on any atom is 0.00509 e. The Labute approximate surface area is 111 Å². The molecule has 0 aliphatic heterocycles. The van der Waals surface area contributed by atoms with Crippen molar-refractivity contribution in [1.29, 1.82) is 0 Å². The van der Waals surface area contributed by atoms with Crippen molar-refractivity contribution in [3.8, 4) is 0 Å². The molecule has 2 unspecified atom stereocenters. The van der Waals surface area contributed by atoms with Gasteiger partial charge in [-0.1, -0.05) is 34.6 Å². The molecule has 1 nitrogen and oxygen atoms in total. The lowest BCUT2D eigenvalue weighted by atomic mass is 9.92. The molecule has 0 aliphatic carbocycles. The van der Waals surface area contributed by atoms with E-state index in [1.807, 2.05) is 11.3 Å². The molecule has 1 N–H and O–H groups in total. The highest BCUT2D eigenvalue weighted by atomic mass is 32.1. The maximum atomic E-state index is 3.53. The highest BCUT2D eigenvalue weighted by Crippen LogP contribution is 2.23. The van der Waals surface area contributed by atoms with Crippen LogP contribution in [-0.4, -0.2) is 12.6 Å². The van der Waals surface area contributed by atoms with Crippen LogP contribution >= 0.6 is 11.3 Å². The molecule has 0 radical (unpaired) electrons. The Kier molecular flexibility index (Phi) is 6.21. The number of nitrogens with one attached hydrogen (secondary N) is 1. The summed E-state index contributed by atoms with van der Waals surface area (Å²) in [5.41, 5.74) is 0. The van der Waals surface area contributed by atoms with E-state index in [1.54, 1.807) is 4.88 Å². The molecule has 0 saturated heterocycles. The van der Waals surface area contributed by atoms with E-state index in [9.17, 15) is 0 Å². The summed E-state index contributed by atoms with van der Waals surface area (Å²) in [6.07, 6.45) is 2.40. The van der Waals surface area contributed by atoms with Gasteiger partial charge in [-0.3, -0.25) is 0 Å². The molecule has 0 saturated carbocycles. The van der Waals surface area contributed by atoms with Crippen LogP contribution in [0.3, 0.4) is 0 Å². The molecule has 0 amide bonds. The molecule has 1 heterocycles. The number of hydrogen-bond acceptors (Lipinski definition) is 2. The quantitative estimate of drug-likeness (QED) is 0.770. The minimum atomic E-state index is 0.595. The van der Waals surface area contributed by atoms with Crippen LogP contribution in [0.25, 0.3) is 0 Å². The van der Waals surface area contributed by atoms with Crippen molar-refractivity contribution in [3.63, 3.8) is 0 Å². The molecule has 2 heteroatoms. The highest BCUT2D eigenvalue weighted by Gasteiger charge is 2.14. The second-order valence-electron chi connectivity index (χ2n) is 5.44. The van der Waals surface area contributed by atoms with E-state index in [-0.39, 0.29) is 0 Å². The first-order valence-corrected chi connectivity index (χ1v) is 7.65. The van der Waals surface area contributed by atoms with Crippen LogP contribution in [-0.2, 0) is 12.8 Å². The number of rotatable bonds is 7. The summed E-state index contributed by atoms with van der Waals surface area (Å²) in [7, 11) is 0. The monoisotopic (exact) mass is 253 g/mol. The molecular weight excluding hydrogens is 226 g/mol. The molecule has 17 heavy (non-hydrogen) atoms. The smallest absolute Gasteiger partial charge is 0.00509 e. The second kappa shape index (κ2) is 7.17. The molecule has 1 rings (SSSR count). The Balaban J connectivity index is 2.39. The Morgan fingerprint density at radius 1 is 1.06 bits per heavy atom. The fourth-order valence-electron chi connectivity index (χ4n) is 1.86. The summed E-state index contributed by atoms with van der Waals surface area (Å²) >= 11 is 1.98. The van der Waals surface area contributed by atoms with Gasteiger partial charge in [0.15, 0.2) is 0 Å². The first-order chi connectivity index (χ1) is 8.02. The van der Waals surface area contributed by atoms with Crippen LogP contribution < -0.4 is 5.32 Å². The predicted octanol–water partition coefficient (Wildman–Crippen LogP) is 4.12. The van der Waals surface area contributed by atoms with Crippen LogP contribution in [0.2, 0.25) is 0 Å². The van der Waals surface area contributed by atoms with Gasteiger partial charge in [-0.15, -0.1) is 11.3 Å². The summed E-state index contributed by atoms with van der Waals surface area (Å²) < 4.78 is 0. The highest BCUT2D eigenvalue weighted by molar-refractivity contribution is 7.11. The zero-order chi connectivity index (χ0) is 12.8. The second-order valence-corrected chi connectivity index (χ2v) is 6.70. The van der Waals surface area contributed by atoms with Gasteiger partial charge in [0, 0.05) is 15.8 Å². The van der Waals surface area contributed by atoms with Gasteiger partial charge in [-0.05, 0) is 43.4 Å². The molecule has 0 bridgehead atoms. The molecule has 1 aromatic heterocycles. The van der Waals surface area contributed by atoms with E-state index in [0.29, 0.717) is 6.04 Å². The van der Waals surface area contributed by atoms with Crippen molar-refractivity contribution >= 4 is 11.3 Å². The summed E-state index contributed by atoms with van der Waals surface area (Å²) in [6, 6.07) is 5.19. The summed E-state index contributed by atoms with van der Waals surface area (Å²) in [6.45, 7) is 12.5. The normalized spacial score (nSPS) is 15.2. The molecule has 2 atom stereocenters. The minimum absolute atomic E-state index is 0.595. The van der Waals surface area contributed by atoms with Crippen LogP contribution in [0.15, 0.2) is 12.1 Å². The van der Waals surface area contributed by atoms with Crippen molar-refractivity contribution in [2.24, 2.45) is 11.8 Å². The third-order valence-electron chi connectivity index (χ3n) is 3.41. The Bertz CT molecular complexity index is 316. The summed E-state index contributed by atoms with van der Waals surface area (Å²) in [4.78, 5) is 3.06. The molecule has 0 fully saturated rings. The topological polar surface area (TPSA) is 12.0 Å². The average Bonchev–Trinajstić information content (AvgIpc) is 2.73. The van der Waals surface area contributed by atoms with Gasteiger partial charge in [-0.25, -0.2) is 0 Å².